The number of aromatic hydroxyl groups is 1. The topological polar surface area (TPSA) is 94.5 Å². The van der Waals surface area contributed by atoms with Crippen molar-refractivity contribution in [3.05, 3.63) is 29.5 Å². The van der Waals surface area contributed by atoms with E-state index in [4.69, 9.17) is 14.2 Å². The minimum Gasteiger partial charge on any atom is -0.506 e. The zero-order chi connectivity index (χ0) is 17.0. The number of carbonyl (C=O) groups excluding carboxylic acids is 2. The highest BCUT2D eigenvalue weighted by Gasteiger charge is 2.33. The van der Waals surface area contributed by atoms with Gasteiger partial charge in [0.25, 0.3) is 0 Å². The Morgan fingerprint density at radius 1 is 1.17 bits per heavy atom. The Kier molecular flexibility index (Phi) is 5.07. The Hall–Kier alpha value is -2.74. The lowest BCUT2D eigenvalue weighted by atomic mass is 10.1. The molecule has 0 aromatic heterocycles. The summed E-state index contributed by atoms with van der Waals surface area (Å²) in [5.74, 6) is -1.13. The fraction of sp³-hybridized carbons (Fsp3) is 0.333. The van der Waals surface area contributed by atoms with E-state index in [1.807, 2.05) is 0 Å². The van der Waals surface area contributed by atoms with Crippen molar-refractivity contribution in [3.8, 4) is 11.5 Å². The molecule has 0 bridgehead atoms. The van der Waals surface area contributed by atoms with Crippen LogP contribution in [0.4, 0.5) is 5.69 Å². The molecular weight excluding hydrogens is 306 g/mol. The standard InChI is InChI=1S/C15H17NO7/c1-20-9-4-5-11(12(17)6-9)16-8-23-7-10(14(18)21-2)13(16)15(19)22-3/h4-6,17H,7-8H2,1-3H3. The van der Waals surface area contributed by atoms with E-state index in [0.29, 0.717) is 5.75 Å². The van der Waals surface area contributed by atoms with E-state index in [0.717, 1.165) is 0 Å². The first-order valence-corrected chi connectivity index (χ1v) is 6.65. The first-order valence-electron chi connectivity index (χ1n) is 6.65. The van der Waals surface area contributed by atoms with Crippen LogP contribution in [0, 0.1) is 0 Å². The van der Waals surface area contributed by atoms with Gasteiger partial charge in [-0.2, -0.15) is 0 Å². The van der Waals surface area contributed by atoms with E-state index in [1.54, 1.807) is 12.1 Å². The Balaban J connectivity index is 2.55. The predicted octanol–water partition coefficient (Wildman–Crippen LogP) is 0.795. The van der Waals surface area contributed by atoms with Crippen LogP contribution in [-0.4, -0.2) is 51.7 Å². The molecule has 0 saturated carbocycles. The van der Waals surface area contributed by atoms with E-state index in [1.165, 1.54) is 32.3 Å². The number of hydrogen-bond donors (Lipinski definition) is 1. The van der Waals surface area contributed by atoms with E-state index in [2.05, 4.69) is 4.74 Å². The number of benzene rings is 1. The highest BCUT2D eigenvalue weighted by Crippen LogP contribution is 2.35. The lowest BCUT2D eigenvalue weighted by Gasteiger charge is -2.31. The highest BCUT2D eigenvalue weighted by atomic mass is 16.5. The second-order valence-corrected chi connectivity index (χ2v) is 4.57. The number of phenols is 1. The summed E-state index contributed by atoms with van der Waals surface area (Å²) in [5, 5.41) is 10.2. The van der Waals surface area contributed by atoms with Crippen molar-refractivity contribution < 1.29 is 33.6 Å². The van der Waals surface area contributed by atoms with Crippen molar-refractivity contribution in [1.29, 1.82) is 0 Å². The third kappa shape index (κ3) is 3.21. The zero-order valence-corrected chi connectivity index (χ0v) is 13.0. The van der Waals surface area contributed by atoms with Gasteiger partial charge in [-0.1, -0.05) is 0 Å². The van der Waals surface area contributed by atoms with Gasteiger partial charge in [-0.25, -0.2) is 9.59 Å². The summed E-state index contributed by atoms with van der Waals surface area (Å²) in [4.78, 5) is 25.4. The van der Waals surface area contributed by atoms with Crippen molar-refractivity contribution in [2.75, 3.05) is 39.6 Å². The first-order chi connectivity index (χ1) is 11.0. The average Bonchev–Trinajstić information content (AvgIpc) is 2.59. The predicted molar refractivity (Wildman–Crippen MR) is 79.0 cm³/mol. The molecule has 2 rings (SSSR count). The first kappa shape index (κ1) is 16.6. The molecule has 1 aromatic rings. The monoisotopic (exact) mass is 323 g/mol. The Labute approximate surface area is 132 Å². The Morgan fingerprint density at radius 3 is 2.43 bits per heavy atom. The van der Waals surface area contributed by atoms with Gasteiger partial charge in [0, 0.05) is 6.07 Å². The molecular formula is C15H17NO7. The summed E-state index contributed by atoms with van der Waals surface area (Å²) in [6, 6.07) is 4.54. The summed E-state index contributed by atoms with van der Waals surface area (Å²) in [6.45, 7) is -0.130. The number of hydrogen-bond acceptors (Lipinski definition) is 8. The van der Waals surface area contributed by atoms with E-state index >= 15 is 0 Å². The van der Waals surface area contributed by atoms with Crippen molar-refractivity contribution in [3.63, 3.8) is 0 Å². The van der Waals surface area contributed by atoms with Gasteiger partial charge in [-0.05, 0) is 12.1 Å². The van der Waals surface area contributed by atoms with Gasteiger partial charge in [0.1, 0.15) is 23.9 Å². The SMILES string of the molecule is COC(=O)C1=C(C(=O)OC)N(c2ccc(OC)cc2O)COC1. The number of ether oxygens (including phenoxy) is 4. The molecule has 1 heterocycles. The van der Waals surface area contributed by atoms with Gasteiger partial charge in [-0.15, -0.1) is 0 Å². The molecule has 0 saturated heterocycles. The van der Waals surface area contributed by atoms with Crippen molar-refractivity contribution in [1.82, 2.24) is 0 Å². The summed E-state index contributed by atoms with van der Waals surface area (Å²) in [6.07, 6.45) is 0. The lowest BCUT2D eigenvalue weighted by Crippen LogP contribution is -2.38. The molecule has 124 valence electrons. The largest absolute Gasteiger partial charge is 0.506 e. The number of carbonyl (C=O) groups is 2. The number of esters is 2. The summed E-state index contributed by atoms with van der Waals surface area (Å²) in [5.41, 5.74) is 0.249. The maximum absolute atomic E-state index is 12.1. The van der Waals surface area contributed by atoms with Crippen molar-refractivity contribution >= 4 is 17.6 Å². The summed E-state index contributed by atoms with van der Waals surface area (Å²) < 4.78 is 19.8. The third-order valence-corrected chi connectivity index (χ3v) is 3.31. The van der Waals surface area contributed by atoms with Gasteiger partial charge in [0.2, 0.25) is 0 Å². The maximum atomic E-state index is 12.1. The molecule has 0 atom stereocenters. The van der Waals surface area contributed by atoms with Crippen LogP contribution in [0.15, 0.2) is 29.5 Å². The van der Waals surface area contributed by atoms with Crippen LogP contribution in [0.2, 0.25) is 0 Å². The summed E-state index contributed by atoms with van der Waals surface area (Å²) in [7, 11) is 3.87. The number of nitrogens with zero attached hydrogens (tertiary/aromatic N) is 1. The van der Waals surface area contributed by atoms with Gasteiger partial charge < -0.3 is 29.0 Å². The minimum absolute atomic E-state index is 0.0146. The molecule has 8 heteroatoms. The molecule has 0 fully saturated rings. The van der Waals surface area contributed by atoms with Gasteiger partial charge in [0.05, 0.1) is 39.2 Å². The van der Waals surface area contributed by atoms with E-state index < -0.39 is 11.9 Å². The molecule has 1 aromatic carbocycles. The Bertz CT molecular complexity index is 653. The molecule has 0 aliphatic carbocycles. The van der Waals surface area contributed by atoms with Crippen LogP contribution in [-0.2, 0) is 23.8 Å². The van der Waals surface area contributed by atoms with E-state index in [9.17, 15) is 14.7 Å². The van der Waals surface area contributed by atoms with Gasteiger partial charge in [0.15, 0.2) is 0 Å². The summed E-state index contributed by atoms with van der Waals surface area (Å²) >= 11 is 0. The molecule has 0 radical (unpaired) electrons. The molecule has 0 amide bonds. The molecule has 1 aliphatic heterocycles. The molecule has 1 N–H and O–H groups in total. The number of phenolic OH excluding ortho intramolecular Hbond substituents is 1. The molecule has 1 aliphatic rings. The molecule has 0 spiro atoms. The van der Waals surface area contributed by atoms with Gasteiger partial charge in [-0.3, -0.25) is 0 Å². The fourth-order valence-corrected chi connectivity index (χ4v) is 2.19. The van der Waals surface area contributed by atoms with Gasteiger partial charge >= 0.3 is 11.9 Å². The number of rotatable bonds is 4. The van der Waals surface area contributed by atoms with Crippen LogP contribution in [0.5, 0.6) is 11.5 Å². The second-order valence-electron chi connectivity index (χ2n) is 4.57. The van der Waals surface area contributed by atoms with Crippen LogP contribution >= 0.6 is 0 Å². The minimum atomic E-state index is -0.732. The third-order valence-electron chi connectivity index (χ3n) is 3.31. The lowest BCUT2D eigenvalue weighted by molar-refractivity contribution is -0.140. The van der Waals surface area contributed by atoms with Crippen LogP contribution in [0.1, 0.15) is 0 Å². The second kappa shape index (κ2) is 7.01. The van der Waals surface area contributed by atoms with Crippen molar-refractivity contribution in [2.45, 2.75) is 0 Å². The van der Waals surface area contributed by atoms with E-state index in [-0.39, 0.29) is 36.0 Å². The average molecular weight is 323 g/mol. The highest BCUT2D eigenvalue weighted by molar-refractivity contribution is 6.03. The van der Waals surface area contributed by atoms with Crippen molar-refractivity contribution in [2.24, 2.45) is 0 Å². The zero-order valence-electron chi connectivity index (χ0n) is 13.0. The molecule has 0 unspecified atom stereocenters. The molecule has 23 heavy (non-hydrogen) atoms. The van der Waals surface area contributed by atoms with Crippen LogP contribution < -0.4 is 9.64 Å². The number of anilines is 1. The normalized spacial score (nSPS) is 14.5. The van der Waals surface area contributed by atoms with Crippen LogP contribution in [0.3, 0.4) is 0 Å². The van der Waals surface area contributed by atoms with Crippen LogP contribution in [0.25, 0.3) is 0 Å². The Morgan fingerprint density at radius 2 is 1.87 bits per heavy atom. The molecule has 8 nitrogen and oxygen atoms in total. The quantitative estimate of drug-likeness (QED) is 0.813. The number of methoxy groups -OCH3 is 3. The maximum Gasteiger partial charge on any atom is 0.355 e. The fourth-order valence-electron chi connectivity index (χ4n) is 2.19. The smallest absolute Gasteiger partial charge is 0.355 e.